The number of carbonyl (C=O) groups excluding carboxylic acids is 1. The first-order chi connectivity index (χ1) is 9.04. The van der Waals surface area contributed by atoms with Crippen LogP contribution in [-0.2, 0) is 11.3 Å². The van der Waals surface area contributed by atoms with Gasteiger partial charge in [0, 0.05) is 17.6 Å². The highest BCUT2D eigenvalue weighted by molar-refractivity contribution is 9.10. The van der Waals surface area contributed by atoms with Crippen LogP contribution in [0, 0.1) is 0 Å². The van der Waals surface area contributed by atoms with Crippen molar-refractivity contribution in [1.29, 1.82) is 0 Å². The Morgan fingerprint density at radius 2 is 2.11 bits per heavy atom. The molecule has 0 aliphatic heterocycles. The maximum Gasteiger partial charge on any atom is 0.323 e. The fourth-order valence-corrected chi connectivity index (χ4v) is 1.89. The predicted octanol–water partition coefficient (Wildman–Crippen LogP) is 2.23. The molecular formula is C13H15BrN2O3. The van der Waals surface area contributed by atoms with E-state index in [1.165, 1.54) is 11.0 Å². The monoisotopic (exact) mass is 326 g/mol. The first-order valence-corrected chi connectivity index (χ1v) is 6.42. The summed E-state index contributed by atoms with van der Waals surface area (Å²) in [5.41, 5.74) is 0.921. The average molecular weight is 327 g/mol. The van der Waals surface area contributed by atoms with Gasteiger partial charge in [-0.25, -0.2) is 4.79 Å². The van der Waals surface area contributed by atoms with Gasteiger partial charge in [0.2, 0.25) is 0 Å². The van der Waals surface area contributed by atoms with Gasteiger partial charge < -0.3 is 15.3 Å². The zero-order chi connectivity index (χ0) is 14.3. The number of carboxylic acid groups (broad SMARTS) is 1. The second kappa shape index (κ2) is 7.58. The lowest BCUT2D eigenvalue weighted by Gasteiger charge is -2.19. The smallest absolute Gasteiger partial charge is 0.323 e. The summed E-state index contributed by atoms with van der Waals surface area (Å²) >= 11 is 3.38. The lowest BCUT2D eigenvalue weighted by Crippen LogP contribution is -2.42. The van der Waals surface area contributed by atoms with Crippen molar-refractivity contribution >= 4 is 27.9 Å². The number of carboxylic acids is 1. The van der Waals surface area contributed by atoms with Crippen LogP contribution >= 0.6 is 15.9 Å². The summed E-state index contributed by atoms with van der Waals surface area (Å²) in [6.07, 6.45) is 1.49. The first kappa shape index (κ1) is 15.2. The molecule has 2 N–H and O–H groups in total. The average Bonchev–Trinajstić information content (AvgIpc) is 2.36. The summed E-state index contributed by atoms with van der Waals surface area (Å²) in [6, 6.07) is 7.06. The van der Waals surface area contributed by atoms with E-state index in [1.807, 2.05) is 24.3 Å². The molecule has 0 aliphatic rings. The molecule has 6 heteroatoms. The van der Waals surface area contributed by atoms with Gasteiger partial charge in [0.05, 0.1) is 0 Å². The highest BCUT2D eigenvalue weighted by Gasteiger charge is 2.15. The number of halogens is 1. The highest BCUT2D eigenvalue weighted by Crippen LogP contribution is 2.15. The molecule has 1 aromatic carbocycles. The summed E-state index contributed by atoms with van der Waals surface area (Å²) in [6.45, 7) is 3.66. The Labute approximate surface area is 120 Å². The number of nitrogens with one attached hydrogen (secondary N) is 1. The minimum absolute atomic E-state index is 0.189. The molecule has 0 heterocycles. The standard InChI is InChI=1S/C13H15BrN2O3/c1-2-7-16(9-12(17)18)13(19)15-8-10-5-3-4-6-11(10)14/h2-6H,1,7-9H2,(H,15,19)(H,17,18). The van der Waals surface area contributed by atoms with Gasteiger partial charge >= 0.3 is 12.0 Å². The van der Waals surface area contributed by atoms with E-state index >= 15 is 0 Å². The van der Waals surface area contributed by atoms with Crippen molar-refractivity contribution in [3.8, 4) is 0 Å². The number of urea groups is 1. The predicted molar refractivity (Wildman–Crippen MR) is 75.8 cm³/mol. The summed E-state index contributed by atoms with van der Waals surface area (Å²) in [7, 11) is 0. The van der Waals surface area contributed by atoms with Gasteiger partial charge in [-0.1, -0.05) is 40.2 Å². The van der Waals surface area contributed by atoms with E-state index in [0.717, 1.165) is 10.0 Å². The van der Waals surface area contributed by atoms with Crippen molar-refractivity contribution in [3.05, 3.63) is 47.0 Å². The number of carbonyl (C=O) groups is 2. The Bertz CT molecular complexity index is 477. The maximum atomic E-state index is 11.8. The molecule has 0 radical (unpaired) electrons. The molecule has 1 rings (SSSR count). The van der Waals surface area contributed by atoms with E-state index in [-0.39, 0.29) is 13.1 Å². The molecule has 0 atom stereocenters. The molecule has 0 spiro atoms. The highest BCUT2D eigenvalue weighted by atomic mass is 79.9. The molecule has 102 valence electrons. The molecular weight excluding hydrogens is 312 g/mol. The van der Waals surface area contributed by atoms with Gasteiger partial charge in [-0.05, 0) is 11.6 Å². The van der Waals surface area contributed by atoms with Crippen LogP contribution < -0.4 is 5.32 Å². The minimum Gasteiger partial charge on any atom is -0.480 e. The number of benzene rings is 1. The van der Waals surface area contributed by atoms with Crippen LogP contribution in [0.4, 0.5) is 4.79 Å². The van der Waals surface area contributed by atoms with Crippen molar-refractivity contribution in [2.24, 2.45) is 0 Å². The summed E-state index contributed by atoms with van der Waals surface area (Å²) in [5, 5.41) is 11.4. The third kappa shape index (κ3) is 5.13. The Balaban J connectivity index is 2.59. The summed E-state index contributed by atoms with van der Waals surface area (Å²) < 4.78 is 0.892. The Hall–Kier alpha value is -1.82. The van der Waals surface area contributed by atoms with Crippen LogP contribution in [0.25, 0.3) is 0 Å². The van der Waals surface area contributed by atoms with Crippen molar-refractivity contribution < 1.29 is 14.7 Å². The molecule has 1 aromatic rings. The number of hydrogen-bond acceptors (Lipinski definition) is 2. The van der Waals surface area contributed by atoms with E-state index in [2.05, 4.69) is 27.8 Å². The van der Waals surface area contributed by atoms with Crippen LogP contribution in [0.2, 0.25) is 0 Å². The van der Waals surface area contributed by atoms with Crippen molar-refractivity contribution in [3.63, 3.8) is 0 Å². The SMILES string of the molecule is C=CCN(CC(=O)O)C(=O)NCc1ccccc1Br. The molecule has 5 nitrogen and oxygen atoms in total. The molecule has 0 aromatic heterocycles. The second-order valence-corrected chi connectivity index (χ2v) is 4.67. The number of nitrogens with zero attached hydrogens (tertiary/aromatic N) is 1. The normalized spacial score (nSPS) is 9.74. The molecule has 2 amide bonds. The van der Waals surface area contributed by atoms with E-state index < -0.39 is 12.0 Å². The molecule has 0 saturated carbocycles. The van der Waals surface area contributed by atoms with Crippen molar-refractivity contribution in [2.45, 2.75) is 6.54 Å². The molecule has 0 unspecified atom stereocenters. The van der Waals surface area contributed by atoms with Crippen LogP contribution in [0.1, 0.15) is 5.56 Å². The van der Waals surface area contributed by atoms with Crippen LogP contribution in [0.5, 0.6) is 0 Å². The van der Waals surface area contributed by atoms with Gasteiger partial charge in [0.25, 0.3) is 0 Å². The third-order valence-corrected chi connectivity index (χ3v) is 3.12. The van der Waals surface area contributed by atoms with E-state index in [9.17, 15) is 9.59 Å². The number of amides is 2. The van der Waals surface area contributed by atoms with E-state index in [0.29, 0.717) is 6.54 Å². The summed E-state index contributed by atoms with van der Waals surface area (Å²) in [4.78, 5) is 23.7. The fourth-order valence-electron chi connectivity index (χ4n) is 1.46. The molecule has 0 saturated heterocycles. The minimum atomic E-state index is -1.06. The lowest BCUT2D eigenvalue weighted by molar-refractivity contribution is -0.137. The third-order valence-electron chi connectivity index (χ3n) is 2.35. The molecule has 0 bridgehead atoms. The van der Waals surface area contributed by atoms with Crippen molar-refractivity contribution in [1.82, 2.24) is 10.2 Å². The van der Waals surface area contributed by atoms with Crippen molar-refractivity contribution in [2.75, 3.05) is 13.1 Å². The van der Waals surface area contributed by atoms with E-state index in [4.69, 9.17) is 5.11 Å². The van der Waals surface area contributed by atoms with Gasteiger partial charge in [-0.2, -0.15) is 0 Å². The zero-order valence-electron chi connectivity index (χ0n) is 10.3. The molecule has 0 aliphatic carbocycles. The summed E-state index contributed by atoms with van der Waals surface area (Å²) in [5.74, 6) is -1.06. The maximum absolute atomic E-state index is 11.8. The first-order valence-electron chi connectivity index (χ1n) is 5.63. The van der Waals surface area contributed by atoms with Gasteiger partial charge in [0.1, 0.15) is 6.54 Å². The van der Waals surface area contributed by atoms with E-state index in [1.54, 1.807) is 0 Å². The fraction of sp³-hybridized carbons (Fsp3) is 0.231. The Morgan fingerprint density at radius 3 is 2.68 bits per heavy atom. The van der Waals surface area contributed by atoms with Gasteiger partial charge in [0.15, 0.2) is 0 Å². The second-order valence-electron chi connectivity index (χ2n) is 3.81. The van der Waals surface area contributed by atoms with Gasteiger partial charge in [-0.3, -0.25) is 4.79 Å². The molecule has 0 fully saturated rings. The Morgan fingerprint density at radius 1 is 1.42 bits per heavy atom. The Kier molecular flexibility index (Phi) is 6.08. The number of rotatable bonds is 6. The largest absolute Gasteiger partial charge is 0.480 e. The van der Waals surface area contributed by atoms with Gasteiger partial charge in [-0.15, -0.1) is 6.58 Å². The topological polar surface area (TPSA) is 69.6 Å². The lowest BCUT2D eigenvalue weighted by atomic mass is 10.2. The number of aliphatic carboxylic acids is 1. The number of hydrogen-bond donors (Lipinski definition) is 2. The van der Waals surface area contributed by atoms with Crippen LogP contribution in [0.15, 0.2) is 41.4 Å². The molecule has 19 heavy (non-hydrogen) atoms. The zero-order valence-corrected chi connectivity index (χ0v) is 11.9. The van der Waals surface area contributed by atoms with Crippen LogP contribution in [0.3, 0.4) is 0 Å². The van der Waals surface area contributed by atoms with Crippen LogP contribution in [-0.4, -0.2) is 35.1 Å². The quantitative estimate of drug-likeness (QED) is 0.787.